The minimum absolute atomic E-state index is 0.567. The van der Waals surface area contributed by atoms with E-state index in [-0.39, 0.29) is 0 Å². The molecule has 5 nitrogen and oxygen atoms in total. The van der Waals surface area contributed by atoms with Gasteiger partial charge in [-0.25, -0.2) is 0 Å². The van der Waals surface area contributed by atoms with E-state index in [1.54, 1.807) is 7.11 Å². The predicted octanol–water partition coefficient (Wildman–Crippen LogP) is 3.71. The van der Waals surface area contributed by atoms with Gasteiger partial charge in [0.15, 0.2) is 0 Å². The first-order chi connectivity index (χ1) is 11.8. The van der Waals surface area contributed by atoms with Gasteiger partial charge in [-0.2, -0.15) is 5.10 Å². The van der Waals surface area contributed by atoms with Crippen molar-refractivity contribution in [1.29, 1.82) is 0 Å². The summed E-state index contributed by atoms with van der Waals surface area (Å²) < 4.78 is 10.8. The number of nitrogens with zero attached hydrogens (tertiary/aromatic N) is 1. The average Bonchev–Trinajstić information content (AvgIpc) is 3.10. The summed E-state index contributed by atoms with van der Waals surface area (Å²) in [6.07, 6.45) is 0. The molecule has 0 amide bonds. The van der Waals surface area contributed by atoms with Gasteiger partial charge < -0.3 is 14.8 Å². The van der Waals surface area contributed by atoms with E-state index in [1.807, 2.05) is 48.5 Å². The van der Waals surface area contributed by atoms with Crippen LogP contribution in [0.15, 0.2) is 60.7 Å². The number of benzene rings is 2. The van der Waals surface area contributed by atoms with Gasteiger partial charge in [0.2, 0.25) is 0 Å². The lowest BCUT2D eigenvalue weighted by Gasteiger charge is -2.06. The fourth-order valence-corrected chi connectivity index (χ4v) is 2.31. The molecule has 0 spiro atoms. The largest absolute Gasteiger partial charge is 0.489 e. The third kappa shape index (κ3) is 4.36. The number of hydrogen-bond donors (Lipinski definition) is 2. The van der Waals surface area contributed by atoms with Gasteiger partial charge >= 0.3 is 0 Å². The third-order valence-electron chi connectivity index (χ3n) is 3.60. The molecule has 2 N–H and O–H groups in total. The molecular weight excluding hydrogens is 302 g/mol. The van der Waals surface area contributed by atoms with Crippen LogP contribution in [-0.2, 0) is 11.3 Å². The highest BCUT2D eigenvalue weighted by Crippen LogP contribution is 2.23. The molecule has 0 atom stereocenters. The van der Waals surface area contributed by atoms with Crippen molar-refractivity contribution in [1.82, 2.24) is 10.2 Å². The topological polar surface area (TPSA) is 59.2 Å². The van der Waals surface area contributed by atoms with Gasteiger partial charge in [0.05, 0.1) is 12.3 Å². The number of aromatic amines is 1. The summed E-state index contributed by atoms with van der Waals surface area (Å²) in [5.74, 6) is 1.66. The Morgan fingerprint density at radius 1 is 1.04 bits per heavy atom. The van der Waals surface area contributed by atoms with Crippen LogP contribution in [0.1, 0.15) is 5.56 Å². The molecule has 124 valence electrons. The van der Waals surface area contributed by atoms with E-state index >= 15 is 0 Å². The highest BCUT2D eigenvalue weighted by Gasteiger charge is 2.04. The zero-order chi connectivity index (χ0) is 16.6. The Hall–Kier alpha value is -2.79. The van der Waals surface area contributed by atoms with E-state index in [0.717, 1.165) is 34.9 Å². The Morgan fingerprint density at radius 3 is 2.58 bits per heavy atom. The fourth-order valence-electron chi connectivity index (χ4n) is 2.31. The van der Waals surface area contributed by atoms with Gasteiger partial charge in [0.1, 0.15) is 18.2 Å². The minimum Gasteiger partial charge on any atom is -0.489 e. The zero-order valence-corrected chi connectivity index (χ0v) is 13.7. The van der Waals surface area contributed by atoms with Crippen molar-refractivity contribution in [2.45, 2.75) is 6.61 Å². The van der Waals surface area contributed by atoms with Crippen LogP contribution >= 0.6 is 0 Å². The summed E-state index contributed by atoms with van der Waals surface area (Å²) in [7, 11) is 1.68. The van der Waals surface area contributed by atoms with Crippen LogP contribution in [0.25, 0.3) is 11.3 Å². The average molecular weight is 323 g/mol. The number of anilines is 1. The summed E-state index contributed by atoms with van der Waals surface area (Å²) in [5, 5.41) is 10.5. The van der Waals surface area contributed by atoms with Crippen LogP contribution in [0.2, 0.25) is 0 Å². The van der Waals surface area contributed by atoms with Crippen molar-refractivity contribution >= 4 is 5.82 Å². The molecule has 0 aliphatic rings. The van der Waals surface area contributed by atoms with Gasteiger partial charge in [-0.15, -0.1) is 0 Å². The Labute approximate surface area is 141 Å². The van der Waals surface area contributed by atoms with Crippen molar-refractivity contribution in [3.63, 3.8) is 0 Å². The molecule has 5 heteroatoms. The smallest absolute Gasteiger partial charge is 0.148 e. The van der Waals surface area contributed by atoms with Crippen LogP contribution in [0, 0.1) is 0 Å². The Kier molecular flexibility index (Phi) is 5.48. The van der Waals surface area contributed by atoms with Gasteiger partial charge in [0.25, 0.3) is 0 Å². The Bertz CT molecular complexity index is 739. The molecule has 24 heavy (non-hydrogen) atoms. The number of hydrogen-bond acceptors (Lipinski definition) is 4. The van der Waals surface area contributed by atoms with Gasteiger partial charge in [-0.05, 0) is 35.4 Å². The summed E-state index contributed by atoms with van der Waals surface area (Å²) in [4.78, 5) is 0. The molecule has 1 heterocycles. The highest BCUT2D eigenvalue weighted by molar-refractivity contribution is 5.63. The molecule has 0 bridgehead atoms. The normalized spacial score (nSPS) is 10.5. The maximum atomic E-state index is 5.80. The number of H-pyrrole nitrogens is 1. The molecule has 0 radical (unpaired) electrons. The van der Waals surface area contributed by atoms with Crippen molar-refractivity contribution < 1.29 is 9.47 Å². The van der Waals surface area contributed by atoms with Crippen molar-refractivity contribution in [3.05, 3.63) is 66.2 Å². The maximum absolute atomic E-state index is 5.80. The molecule has 0 fully saturated rings. The molecule has 2 aromatic carbocycles. The molecule has 3 aromatic rings. The van der Waals surface area contributed by atoms with Crippen LogP contribution in [-0.4, -0.2) is 30.5 Å². The zero-order valence-electron chi connectivity index (χ0n) is 13.7. The summed E-state index contributed by atoms with van der Waals surface area (Å²) in [5.41, 5.74) is 3.18. The molecular formula is C19H21N3O2. The minimum atomic E-state index is 0.567. The second kappa shape index (κ2) is 8.17. The summed E-state index contributed by atoms with van der Waals surface area (Å²) >= 11 is 0. The van der Waals surface area contributed by atoms with E-state index in [2.05, 4.69) is 27.6 Å². The fraction of sp³-hybridized carbons (Fsp3) is 0.211. The van der Waals surface area contributed by atoms with E-state index in [1.165, 1.54) is 0 Å². The van der Waals surface area contributed by atoms with Crippen molar-refractivity contribution in [3.8, 4) is 17.0 Å². The highest BCUT2D eigenvalue weighted by atomic mass is 16.5. The van der Waals surface area contributed by atoms with E-state index in [0.29, 0.717) is 13.2 Å². The molecule has 0 saturated carbocycles. The monoisotopic (exact) mass is 323 g/mol. The van der Waals surface area contributed by atoms with Crippen molar-refractivity contribution in [2.75, 3.05) is 25.6 Å². The van der Waals surface area contributed by atoms with E-state index < -0.39 is 0 Å². The van der Waals surface area contributed by atoms with Crippen LogP contribution in [0.5, 0.6) is 5.75 Å². The molecule has 3 rings (SSSR count). The summed E-state index contributed by atoms with van der Waals surface area (Å²) in [6.45, 7) is 1.94. The number of methoxy groups -OCH3 is 1. The van der Waals surface area contributed by atoms with Crippen LogP contribution < -0.4 is 10.1 Å². The first-order valence-electron chi connectivity index (χ1n) is 7.90. The number of aromatic nitrogens is 2. The summed E-state index contributed by atoms with van der Waals surface area (Å²) in [6, 6.07) is 20.1. The lowest BCUT2D eigenvalue weighted by Crippen LogP contribution is -2.07. The predicted molar refractivity (Wildman–Crippen MR) is 95.2 cm³/mol. The van der Waals surface area contributed by atoms with Gasteiger partial charge in [-0.1, -0.05) is 30.3 Å². The standard InChI is InChI=1S/C19H21N3O2/c1-23-12-11-20-19-13-18(21-22-19)16-7-9-17(10-8-16)24-14-15-5-3-2-4-6-15/h2-10,13H,11-12,14H2,1H3,(H2,20,21,22). The first-order valence-corrected chi connectivity index (χ1v) is 7.90. The molecule has 1 aromatic heterocycles. The molecule has 0 saturated heterocycles. The van der Waals surface area contributed by atoms with E-state index in [9.17, 15) is 0 Å². The maximum Gasteiger partial charge on any atom is 0.148 e. The lowest BCUT2D eigenvalue weighted by molar-refractivity contribution is 0.210. The Morgan fingerprint density at radius 2 is 1.83 bits per heavy atom. The third-order valence-corrected chi connectivity index (χ3v) is 3.60. The van der Waals surface area contributed by atoms with Crippen molar-refractivity contribution in [2.24, 2.45) is 0 Å². The number of nitrogens with one attached hydrogen (secondary N) is 2. The van der Waals surface area contributed by atoms with Crippen LogP contribution in [0.3, 0.4) is 0 Å². The number of rotatable bonds is 8. The first kappa shape index (κ1) is 16.1. The van der Waals surface area contributed by atoms with Gasteiger partial charge in [-0.3, -0.25) is 5.10 Å². The second-order valence-electron chi connectivity index (χ2n) is 5.39. The number of ether oxygens (including phenoxy) is 2. The molecule has 0 unspecified atom stereocenters. The lowest BCUT2D eigenvalue weighted by atomic mass is 10.1. The van der Waals surface area contributed by atoms with E-state index in [4.69, 9.17) is 9.47 Å². The SMILES string of the molecule is COCCNc1cc(-c2ccc(OCc3ccccc3)cc2)[nH]n1. The second-order valence-corrected chi connectivity index (χ2v) is 5.39. The van der Waals surface area contributed by atoms with Crippen LogP contribution in [0.4, 0.5) is 5.82 Å². The molecule has 0 aliphatic carbocycles. The quantitative estimate of drug-likeness (QED) is 0.620. The molecule has 0 aliphatic heterocycles. The Balaban J connectivity index is 1.58. The van der Waals surface area contributed by atoms with Gasteiger partial charge in [0, 0.05) is 19.7 Å².